The Balaban J connectivity index is 1.57. The number of carboxylic acid groups (broad SMARTS) is 1. The Morgan fingerprint density at radius 3 is 2.22 bits per heavy atom. The SMILES string of the molecule is CN/C(Nc1cncc(Cl)n1)=C(\CN)c1ccc(-c2ccc(C3(C(=O)O)CC3)cc2)cc1. The second-order valence-corrected chi connectivity index (χ2v) is 8.09. The van der Waals surface area contributed by atoms with Crippen LogP contribution in [-0.4, -0.2) is 34.6 Å². The first-order chi connectivity index (χ1) is 15.5. The summed E-state index contributed by atoms with van der Waals surface area (Å²) in [7, 11) is 1.80. The molecule has 0 spiro atoms. The van der Waals surface area contributed by atoms with Crippen LogP contribution in [0.15, 0.2) is 66.7 Å². The van der Waals surface area contributed by atoms with E-state index in [1.165, 1.54) is 6.20 Å². The van der Waals surface area contributed by atoms with Crippen molar-refractivity contribution in [3.05, 3.63) is 83.0 Å². The molecule has 0 aliphatic heterocycles. The van der Waals surface area contributed by atoms with Gasteiger partial charge in [-0.25, -0.2) is 4.98 Å². The van der Waals surface area contributed by atoms with Gasteiger partial charge in [-0.1, -0.05) is 60.1 Å². The molecule has 1 heterocycles. The van der Waals surface area contributed by atoms with Gasteiger partial charge in [-0.15, -0.1) is 0 Å². The molecule has 5 N–H and O–H groups in total. The van der Waals surface area contributed by atoms with Crippen molar-refractivity contribution in [2.24, 2.45) is 5.73 Å². The Bertz CT molecular complexity index is 1160. The molecule has 0 amide bonds. The highest BCUT2D eigenvalue weighted by Gasteiger charge is 2.51. The van der Waals surface area contributed by atoms with E-state index in [2.05, 4.69) is 20.6 Å². The van der Waals surface area contributed by atoms with Crippen molar-refractivity contribution < 1.29 is 9.90 Å². The number of anilines is 1. The summed E-state index contributed by atoms with van der Waals surface area (Å²) in [6, 6.07) is 15.9. The van der Waals surface area contributed by atoms with Crippen LogP contribution in [0, 0.1) is 0 Å². The number of nitrogens with one attached hydrogen (secondary N) is 2. The first-order valence-electron chi connectivity index (χ1n) is 10.3. The maximum atomic E-state index is 11.5. The van der Waals surface area contributed by atoms with Gasteiger partial charge in [0.25, 0.3) is 0 Å². The van der Waals surface area contributed by atoms with E-state index in [1.54, 1.807) is 13.2 Å². The monoisotopic (exact) mass is 449 g/mol. The fraction of sp³-hybridized carbons (Fsp3) is 0.208. The minimum atomic E-state index is -0.742. The number of halogens is 1. The number of benzene rings is 2. The zero-order valence-corrected chi connectivity index (χ0v) is 18.4. The number of nitrogens with zero attached hydrogens (tertiary/aromatic N) is 2. The summed E-state index contributed by atoms with van der Waals surface area (Å²) in [6.07, 6.45) is 4.46. The third-order valence-corrected chi connectivity index (χ3v) is 5.96. The maximum Gasteiger partial charge on any atom is 0.314 e. The van der Waals surface area contributed by atoms with Crippen LogP contribution in [0.25, 0.3) is 16.7 Å². The van der Waals surface area contributed by atoms with E-state index in [1.807, 2.05) is 48.5 Å². The summed E-state index contributed by atoms with van der Waals surface area (Å²) < 4.78 is 0. The maximum absolute atomic E-state index is 11.5. The molecular formula is C24H24ClN5O2. The Hall–Kier alpha value is -3.42. The Morgan fingerprint density at radius 1 is 1.09 bits per heavy atom. The lowest BCUT2D eigenvalue weighted by Crippen LogP contribution is -2.21. The molecule has 1 aliphatic rings. The molecule has 32 heavy (non-hydrogen) atoms. The first-order valence-corrected chi connectivity index (χ1v) is 10.6. The molecular weight excluding hydrogens is 426 g/mol. The molecule has 4 rings (SSSR count). The smallest absolute Gasteiger partial charge is 0.314 e. The normalized spacial score (nSPS) is 15.0. The molecule has 1 aliphatic carbocycles. The van der Waals surface area contributed by atoms with Crippen molar-refractivity contribution in [3.63, 3.8) is 0 Å². The van der Waals surface area contributed by atoms with Gasteiger partial charge in [0.15, 0.2) is 5.82 Å². The van der Waals surface area contributed by atoms with E-state index in [-0.39, 0.29) is 0 Å². The second-order valence-electron chi connectivity index (χ2n) is 7.70. The molecule has 1 saturated carbocycles. The molecule has 164 valence electrons. The van der Waals surface area contributed by atoms with Crippen LogP contribution >= 0.6 is 11.6 Å². The lowest BCUT2D eigenvalue weighted by molar-refractivity contribution is -0.140. The van der Waals surface area contributed by atoms with Crippen molar-refractivity contribution in [2.45, 2.75) is 18.3 Å². The number of rotatable bonds is 8. The third kappa shape index (κ3) is 4.30. The number of hydrogen-bond acceptors (Lipinski definition) is 6. The van der Waals surface area contributed by atoms with Gasteiger partial charge in [-0.3, -0.25) is 9.78 Å². The molecule has 1 aromatic heterocycles. The second kappa shape index (κ2) is 8.98. The number of carboxylic acids is 1. The summed E-state index contributed by atoms with van der Waals surface area (Å²) in [5.74, 6) is 0.484. The van der Waals surface area contributed by atoms with Crippen LogP contribution in [0.3, 0.4) is 0 Å². The van der Waals surface area contributed by atoms with Crippen LogP contribution in [0.1, 0.15) is 24.0 Å². The van der Waals surface area contributed by atoms with Crippen molar-refractivity contribution in [3.8, 4) is 11.1 Å². The van der Waals surface area contributed by atoms with Crippen LogP contribution in [0.4, 0.5) is 5.82 Å². The lowest BCUT2D eigenvalue weighted by Gasteiger charge is -2.16. The van der Waals surface area contributed by atoms with E-state index >= 15 is 0 Å². The highest BCUT2D eigenvalue weighted by atomic mass is 35.5. The Labute approximate surface area is 191 Å². The van der Waals surface area contributed by atoms with Crippen molar-refractivity contribution >= 4 is 29.0 Å². The molecule has 8 heteroatoms. The van der Waals surface area contributed by atoms with Gasteiger partial charge < -0.3 is 21.5 Å². The molecule has 0 atom stereocenters. The highest BCUT2D eigenvalue weighted by Crippen LogP contribution is 2.48. The summed E-state index contributed by atoms with van der Waals surface area (Å²) in [6.45, 7) is 0.308. The average molecular weight is 450 g/mol. The Kier molecular flexibility index (Phi) is 6.12. The van der Waals surface area contributed by atoms with E-state index < -0.39 is 11.4 Å². The number of aromatic nitrogens is 2. The van der Waals surface area contributed by atoms with Gasteiger partial charge in [0.1, 0.15) is 11.0 Å². The number of carbonyl (C=O) groups is 1. The topological polar surface area (TPSA) is 113 Å². The van der Waals surface area contributed by atoms with Gasteiger partial charge in [0.2, 0.25) is 0 Å². The van der Waals surface area contributed by atoms with Crippen molar-refractivity contribution in [1.82, 2.24) is 15.3 Å². The highest BCUT2D eigenvalue weighted by molar-refractivity contribution is 6.29. The zero-order chi connectivity index (χ0) is 22.7. The predicted molar refractivity (Wildman–Crippen MR) is 126 cm³/mol. The van der Waals surface area contributed by atoms with Crippen LogP contribution in [-0.2, 0) is 10.2 Å². The predicted octanol–water partition coefficient (Wildman–Crippen LogP) is 3.87. The number of nitrogens with two attached hydrogens (primary N) is 1. The lowest BCUT2D eigenvalue weighted by atomic mass is 9.93. The average Bonchev–Trinajstić information content (AvgIpc) is 3.62. The minimum absolute atomic E-state index is 0.297. The summed E-state index contributed by atoms with van der Waals surface area (Å²) >= 11 is 5.93. The molecule has 2 aromatic carbocycles. The molecule has 7 nitrogen and oxygen atoms in total. The van der Waals surface area contributed by atoms with E-state index in [4.69, 9.17) is 17.3 Å². The van der Waals surface area contributed by atoms with Gasteiger partial charge in [0.05, 0.1) is 17.8 Å². The zero-order valence-electron chi connectivity index (χ0n) is 17.6. The Morgan fingerprint density at radius 2 is 1.72 bits per heavy atom. The molecule has 0 unspecified atom stereocenters. The molecule has 0 bridgehead atoms. The van der Waals surface area contributed by atoms with Gasteiger partial charge in [0, 0.05) is 19.2 Å². The van der Waals surface area contributed by atoms with E-state index in [9.17, 15) is 9.90 Å². The molecule has 0 saturated heterocycles. The molecule has 3 aromatic rings. The van der Waals surface area contributed by atoms with Crippen LogP contribution in [0.5, 0.6) is 0 Å². The fourth-order valence-corrected chi connectivity index (χ4v) is 3.93. The number of aliphatic carboxylic acids is 1. The molecule has 0 radical (unpaired) electrons. The van der Waals surface area contributed by atoms with Gasteiger partial charge in [-0.05, 0) is 35.1 Å². The standard InChI is InChI=1S/C24H24ClN5O2/c1-27-22(30-21-14-28-13-20(25)29-21)19(12-26)17-4-2-15(3-5-17)16-6-8-18(9-7-16)24(10-11-24)23(31)32/h2-9,13-14,27H,10-12,26H2,1H3,(H,29,30)(H,31,32)/b22-19-. The fourth-order valence-electron chi connectivity index (χ4n) is 3.78. The van der Waals surface area contributed by atoms with E-state index in [0.29, 0.717) is 36.2 Å². The first kappa shape index (κ1) is 21.8. The summed E-state index contributed by atoms with van der Waals surface area (Å²) in [5.41, 5.74) is 10.1. The third-order valence-electron chi connectivity index (χ3n) is 5.78. The van der Waals surface area contributed by atoms with Gasteiger partial charge in [-0.2, -0.15) is 0 Å². The van der Waals surface area contributed by atoms with Crippen LogP contribution in [0.2, 0.25) is 5.15 Å². The number of hydrogen-bond donors (Lipinski definition) is 4. The largest absolute Gasteiger partial charge is 0.481 e. The van der Waals surface area contributed by atoms with Crippen molar-refractivity contribution in [2.75, 3.05) is 18.9 Å². The quantitative estimate of drug-likeness (QED) is 0.412. The minimum Gasteiger partial charge on any atom is -0.481 e. The van der Waals surface area contributed by atoms with E-state index in [0.717, 1.165) is 27.8 Å². The van der Waals surface area contributed by atoms with Crippen LogP contribution < -0.4 is 16.4 Å². The summed E-state index contributed by atoms with van der Waals surface area (Å²) in [4.78, 5) is 19.8. The molecule has 1 fully saturated rings. The van der Waals surface area contributed by atoms with Crippen molar-refractivity contribution in [1.29, 1.82) is 0 Å². The van der Waals surface area contributed by atoms with Gasteiger partial charge >= 0.3 is 5.97 Å². The summed E-state index contributed by atoms with van der Waals surface area (Å²) in [5, 5.41) is 16.1.